The van der Waals surface area contributed by atoms with E-state index >= 15 is 0 Å². The van der Waals surface area contributed by atoms with Gasteiger partial charge in [0.1, 0.15) is 17.2 Å². The fourth-order valence-corrected chi connectivity index (χ4v) is 3.95. The van der Waals surface area contributed by atoms with E-state index in [1.807, 2.05) is 70.2 Å². The minimum atomic E-state index is -0.399. The van der Waals surface area contributed by atoms with Crippen LogP contribution in [0.5, 0.6) is 11.5 Å². The third-order valence-corrected chi connectivity index (χ3v) is 5.56. The Kier molecular flexibility index (Phi) is 6.68. The van der Waals surface area contributed by atoms with Gasteiger partial charge in [0.2, 0.25) is 0 Å². The van der Waals surface area contributed by atoms with Crippen molar-refractivity contribution in [1.82, 2.24) is 0 Å². The molecule has 174 valence electrons. The molecule has 6 nitrogen and oxygen atoms in total. The van der Waals surface area contributed by atoms with Crippen molar-refractivity contribution in [3.05, 3.63) is 89.1 Å². The molecule has 0 aliphatic carbocycles. The van der Waals surface area contributed by atoms with Crippen LogP contribution < -0.4 is 19.7 Å². The quantitative estimate of drug-likeness (QED) is 0.454. The number of nitrogens with one attached hydrogen (secondary N) is 1. The summed E-state index contributed by atoms with van der Waals surface area (Å²) in [6.07, 6.45) is 0. The van der Waals surface area contributed by atoms with Crippen molar-refractivity contribution in [3.8, 4) is 11.5 Å². The van der Waals surface area contributed by atoms with Crippen molar-refractivity contribution in [1.29, 1.82) is 0 Å². The summed E-state index contributed by atoms with van der Waals surface area (Å²) < 4.78 is 11.1. The van der Waals surface area contributed by atoms with E-state index in [1.165, 1.54) is 4.90 Å². The van der Waals surface area contributed by atoms with E-state index in [2.05, 4.69) is 5.32 Å². The summed E-state index contributed by atoms with van der Waals surface area (Å²) in [5.74, 6) is 0.614. The largest absolute Gasteiger partial charge is 0.494 e. The lowest BCUT2D eigenvalue weighted by molar-refractivity contribution is -0.120. The molecule has 0 bridgehead atoms. The van der Waals surface area contributed by atoms with Gasteiger partial charge >= 0.3 is 0 Å². The Morgan fingerprint density at radius 1 is 0.794 bits per heavy atom. The number of anilines is 2. The molecule has 2 amide bonds. The molecule has 1 N–H and O–H groups in total. The second kappa shape index (κ2) is 9.83. The van der Waals surface area contributed by atoms with Crippen molar-refractivity contribution >= 4 is 28.8 Å². The van der Waals surface area contributed by atoms with Gasteiger partial charge in [-0.15, -0.1) is 0 Å². The number of nitrogens with zero attached hydrogens (tertiary/aromatic N) is 1. The average molecular weight is 457 g/mol. The lowest BCUT2D eigenvalue weighted by Crippen LogP contribution is -2.33. The zero-order valence-electron chi connectivity index (χ0n) is 19.8. The number of imide groups is 1. The Labute approximate surface area is 199 Å². The topological polar surface area (TPSA) is 67.9 Å². The first-order valence-electron chi connectivity index (χ1n) is 11.4. The fraction of sp³-hybridized carbons (Fsp3) is 0.214. The molecule has 0 atom stereocenters. The highest BCUT2D eigenvalue weighted by molar-refractivity contribution is 6.46. The standard InChI is InChI=1S/C28H28N2O4/c1-5-33-22-14-12-20(13-15-22)25-26(29-21-8-7-9-23(17-21)34-6-2)28(32)30(27(25)31)24-16-18(3)10-11-19(24)4/h7-17,29H,5-6H2,1-4H3. The molecule has 0 unspecified atom stereocenters. The third-order valence-electron chi connectivity index (χ3n) is 5.56. The number of benzene rings is 3. The number of amides is 2. The second-order valence-corrected chi connectivity index (χ2v) is 8.03. The van der Waals surface area contributed by atoms with Gasteiger partial charge in [0, 0.05) is 11.8 Å². The van der Waals surface area contributed by atoms with Crippen molar-refractivity contribution in [2.45, 2.75) is 27.7 Å². The second-order valence-electron chi connectivity index (χ2n) is 8.03. The van der Waals surface area contributed by atoms with E-state index in [9.17, 15) is 9.59 Å². The van der Waals surface area contributed by atoms with Crippen LogP contribution >= 0.6 is 0 Å². The Bertz CT molecular complexity index is 1260. The van der Waals surface area contributed by atoms with Crippen LogP contribution in [-0.2, 0) is 9.59 Å². The lowest BCUT2D eigenvalue weighted by Gasteiger charge is -2.18. The highest BCUT2D eigenvalue weighted by Crippen LogP contribution is 2.36. The van der Waals surface area contributed by atoms with Crippen molar-refractivity contribution in [2.24, 2.45) is 0 Å². The zero-order valence-corrected chi connectivity index (χ0v) is 19.8. The monoisotopic (exact) mass is 456 g/mol. The molecule has 1 aliphatic rings. The molecule has 34 heavy (non-hydrogen) atoms. The average Bonchev–Trinajstić information content (AvgIpc) is 3.06. The summed E-state index contributed by atoms with van der Waals surface area (Å²) >= 11 is 0. The molecule has 0 fully saturated rings. The first-order valence-corrected chi connectivity index (χ1v) is 11.4. The Balaban J connectivity index is 1.80. The van der Waals surface area contributed by atoms with E-state index in [4.69, 9.17) is 9.47 Å². The van der Waals surface area contributed by atoms with E-state index in [-0.39, 0.29) is 11.6 Å². The van der Waals surface area contributed by atoms with Crippen LogP contribution in [0, 0.1) is 13.8 Å². The van der Waals surface area contributed by atoms with Crippen LogP contribution in [0.3, 0.4) is 0 Å². The van der Waals surface area contributed by atoms with Gasteiger partial charge in [0.15, 0.2) is 0 Å². The number of carbonyl (C=O) groups excluding carboxylic acids is 2. The number of rotatable bonds is 8. The molecule has 0 aromatic heterocycles. The van der Waals surface area contributed by atoms with Gasteiger partial charge in [-0.3, -0.25) is 9.59 Å². The highest BCUT2D eigenvalue weighted by atomic mass is 16.5. The molecule has 3 aromatic rings. The molecular formula is C28H28N2O4. The SMILES string of the molecule is CCOc1ccc(C2=C(Nc3cccc(OCC)c3)C(=O)N(c3cc(C)ccc3C)C2=O)cc1. The molecule has 4 rings (SSSR count). The summed E-state index contributed by atoms with van der Waals surface area (Å²) in [5.41, 5.74) is 4.23. The number of aryl methyl sites for hydroxylation is 2. The van der Waals surface area contributed by atoms with E-state index < -0.39 is 5.91 Å². The van der Waals surface area contributed by atoms with Gasteiger partial charge in [-0.25, -0.2) is 4.90 Å². The first-order chi connectivity index (χ1) is 16.4. The molecule has 1 heterocycles. The summed E-state index contributed by atoms with van der Waals surface area (Å²) in [4.78, 5) is 28.6. The molecular weight excluding hydrogens is 428 g/mol. The highest BCUT2D eigenvalue weighted by Gasteiger charge is 2.40. The van der Waals surface area contributed by atoms with Crippen LogP contribution in [-0.4, -0.2) is 25.0 Å². The summed E-state index contributed by atoms with van der Waals surface area (Å²) in [5, 5.41) is 3.20. The van der Waals surface area contributed by atoms with Gasteiger partial charge in [-0.05, 0) is 74.7 Å². The van der Waals surface area contributed by atoms with Gasteiger partial charge in [-0.1, -0.05) is 30.3 Å². The third kappa shape index (κ3) is 4.53. The number of carbonyl (C=O) groups is 2. The van der Waals surface area contributed by atoms with Crippen LogP contribution in [0.1, 0.15) is 30.5 Å². The molecule has 6 heteroatoms. The minimum Gasteiger partial charge on any atom is -0.494 e. The zero-order chi connectivity index (χ0) is 24.2. The maximum Gasteiger partial charge on any atom is 0.282 e. The Morgan fingerprint density at radius 2 is 1.50 bits per heavy atom. The van der Waals surface area contributed by atoms with Gasteiger partial charge in [0.05, 0.1) is 24.5 Å². The Morgan fingerprint density at radius 3 is 2.21 bits per heavy atom. The first kappa shape index (κ1) is 23.1. The summed E-state index contributed by atoms with van der Waals surface area (Å²) in [6, 6.07) is 20.3. The van der Waals surface area contributed by atoms with E-state index in [0.29, 0.717) is 47.2 Å². The van der Waals surface area contributed by atoms with Gasteiger partial charge in [-0.2, -0.15) is 0 Å². The van der Waals surface area contributed by atoms with Gasteiger partial charge in [0.25, 0.3) is 11.8 Å². The van der Waals surface area contributed by atoms with E-state index in [0.717, 1.165) is 11.1 Å². The molecule has 3 aromatic carbocycles. The normalized spacial score (nSPS) is 13.5. The van der Waals surface area contributed by atoms with Crippen LogP contribution in [0.15, 0.2) is 72.4 Å². The summed E-state index contributed by atoms with van der Waals surface area (Å²) in [6.45, 7) is 8.73. The molecule has 0 radical (unpaired) electrons. The fourth-order valence-electron chi connectivity index (χ4n) is 3.95. The minimum absolute atomic E-state index is 0.226. The van der Waals surface area contributed by atoms with Crippen molar-refractivity contribution in [2.75, 3.05) is 23.4 Å². The number of ether oxygens (including phenoxy) is 2. The number of hydrogen-bond acceptors (Lipinski definition) is 5. The maximum absolute atomic E-state index is 13.7. The van der Waals surface area contributed by atoms with Crippen LogP contribution in [0.4, 0.5) is 11.4 Å². The van der Waals surface area contributed by atoms with Crippen molar-refractivity contribution in [3.63, 3.8) is 0 Å². The van der Waals surface area contributed by atoms with E-state index in [1.54, 1.807) is 24.3 Å². The lowest BCUT2D eigenvalue weighted by atomic mass is 10.0. The van der Waals surface area contributed by atoms with Crippen LogP contribution in [0.2, 0.25) is 0 Å². The molecule has 1 aliphatic heterocycles. The predicted octanol–water partition coefficient (Wildman–Crippen LogP) is 5.50. The molecule has 0 saturated heterocycles. The predicted molar refractivity (Wildman–Crippen MR) is 134 cm³/mol. The Hall–Kier alpha value is -4.06. The number of hydrogen-bond donors (Lipinski definition) is 1. The molecule has 0 spiro atoms. The smallest absolute Gasteiger partial charge is 0.282 e. The maximum atomic E-state index is 13.7. The van der Waals surface area contributed by atoms with Crippen molar-refractivity contribution < 1.29 is 19.1 Å². The summed E-state index contributed by atoms with van der Waals surface area (Å²) in [7, 11) is 0. The van der Waals surface area contributed by atoms with Crippen LogP contribution in [0.25, 0.3) is 5.57 Å². The molecule has 0 saturated carbocycles. The van der Waals surface area contributed by atoms with Gasteiger partial charge < -0.3 is 14.8 Å².